The van der Waals surface area contributed by atoms with Crippen LogP contribution in [-0.2, 0) is 33.0 Å². The lowest BCUT2D eigenvalue weighted by atomic mass is 9.91. The normalized spacial score (nSPS) is 16.6. The van der Waals surface area contributed by atoms with E-state index in [4.69, 9.17) is 9.47 Å². The molecule has 2 aliphatic rings. The molecule has 1 aliphatic heterocycles. The van der Waals surface area contributed by atoms with Crippen LogP contribution in [0.1, 0.15) is 39.3 Å². The van der Waals surface area contributed by atoms with Gasteiger partial charge in [0.25, 0.3) is 5.91 Å². The Morgan fingerprint density at radius 1 is 1.16 bits per heavy atom. The molecule has 0 saturated carbocycles. The van der Waals surface area contributed by atoms with Gasteiger partial charge in [0.1, 0.15) is 0 Å². The summed E-state index contributed by atoms with van der Waals surface area (Å²) < 4.78 is 12.8. The number of nitrogens with zero attached hydrogens (tertiary/aromatic N) is 3. The number of hydrogen-bond acceptors (Lipinski definition) is 5. The Labute approximate surface area is 187 Å². The summed E-state index contributed by atoms with van der Waals surface area (Å²) in [6.45, 7) is 1.60. The van der Waals surface area contributed by atoms with Gasteiger partial charge >= 0.3 is 0 Å². The summed E-state index contributed by atoms with van der Waals surface area (Å²) in [4.78, 5) is 15.0. The summed E-state index contributed by atoms with van der Waals surface area (Å²) in [6, 6.07) is 16.4. The Morgan fingerprint density at radius 3 is 2.81 bits per heavy atom. The Morgan fingerprint density at radius 2 is 1.97 bits per heavy atom. The number of rotatable bonds is 6. The second-order valence-corrected chi connectivity index (χ2v) is 8.55. The molecular weight excluding hydrogens is 404 g/mol. The third-order valence-electron chi connectivity index (χ3n) is 6.30. The molecule has 1 amide bonds. The maximum Gasteiger partial charge on any atom is 0.274 e. The second kappa shape index (κ2) is 8.67. The second-order valence-electron chi connectivity index (χ2n) is 8.55. The van der Waals surface area contributed by atoms with Gasteiger partial charge in [-0.2, -0.15) is 5.10 Å². The number of fused-ring (bicyclic) bond motifs is 2. The van der Waals surface area contributed by atoms with Crippen LogP contribution in [0.3, 0.4) is 0 Å². The number of aryl methyl sites for hydroxylation is 1. The molecule has 2 aromatic carbocycles. The maximum absolute atomic E-state index is 13.2. The number of carbonyl (C=O) groups is 1. The van der Waals surface area contributed by atoms with Crippen molar-refractivity contribution in [2.24, 2.45) is 7.05 Å². The highest BCUT2D eigenvalue weighted by molar-refractivity contribution is 5.94. The van der Waals surface area contributed by atoms with E-state index >= 15 is 0 Å². The Bertz CT molecular complexity index is 1130. The minimum Gasteiger partial charge on any atom is -0.454 e. The van der Waals surface area contributed by atoms with Gasteiger partial charge < -0.3 is 19.7 Å². The van der Waals surface area contributed by atoms with Gasteiger partial charge in [0.15, 0.2) is 17.2 Å². The molecule has 1 unspecified atom stereocenters. The molecule has 0 radical (unpaired) electrons. The van der Waals surface area contributed by atoms with Crippen LogP contribution in [0.5, 0.6) is 11.5 Å². The SMILES string of the molecule is CN(Cc1ccccc1)C(=O)c1nn(C)c2c1CC(NCc1ccc3c(c1)OCO3)CC2. The number of carbonyl (C=O) groups excluding carboxylic acids is 1. The fourth-order valence-corrected chi connectivity index (χ4v) is 4.56. The van der Waals surface area contributed by atoms with Crippen LogP contribution in [0.15, 0.2) is 48.5 Å². The van der Waals surface area contributed by atoms with Gasteiger partial charge in [0.2, 0.25) is 6.79 Å². The zero-order chi connectivity index (χ0) is 22.1. The minimum absolute atomic E-state index is 0.0258. The first-order chi connectivity index (χ1) is 15.6. The molecule has 32 heavy (non-hydrogen) atoms. The first kappa shape index (κ1) is 20.6. The molecule has 1 aliphatic carbocycles. The summed E-state index contributed by atoms with van der Waals surface area (Å²) in [5.74, 6) is 1.58. The zero-order valence-corrected chi connectivity index (χ0v) is 18.5. The number of hydrogen-bond donors (Lipinski definition) is 1. The molecule has 0 bridgehead atoms. The average molecular weight is 433 g/mol. The van der Waals surface area contributed by atoms with Crippen molar-refractivity contribution in [3.05, 3.63) is 76.6 Å². The van der Waals surface area contributed by atoms with Crippen LogP contribution in [0.4, 0.5) is 0 Å². The summed E-state index contributed by atoms with van der Waals surface area (Å²) in [6.07, 6.45) is 2.73. The lowest BCUT2D eigenvalue weighted by molar-refractivity contribution is 0.0777. The fourth-order valence-electron chi connectivity index (χ4n) is 4.56. The molecule has 1 N–H and O–H groups in total. The van der Waals surface area contributed by atoms with Gasteiger partial charge in [0, 0.05) is 44.5 Å². The first-order valence-corrected chi connectivity index (χ1v) is 11.0. The van der Waals surface area contributed by atoms with Crippen LogP contribution >= 0.6 is 0 Å². The van der Waals surface area contributed by atoms with E-state index in [-0.39, 0.29) is 12.7 Å². The van der Waals surface area contributed by atoms with Crippen molar-refractivity contribution in [2.75, 3.05) is 13.8 Å². The van der Waals surface area contributed by atoms with Crippen molar-refractivity contribution in [3.8, 4) is 11.5 Å². The average Bonchev–Trinajstić information content (AvgIpc) is 3.41. The van der Waals surface area contributed by atoms with Crippen molar-refractivity contribution in [1.82, 2.24) is 20.0 Å². The summed E-state index contributed by atoms with van der Waals surface area (Å²) in [5.41, 5.74) is 5.09. The summed E-state index contributed by atoms with van der Waals surface area (Å²) in [5, 5.41) is 8.27. The van der Waals surface area contributed by atoms with E-state index in [1.807, 2.05) is 61.2 Å². The predicted molar refractivity (Wildman–Crippen MR) is 121 cm³/mol. The Hall–Kier alpha value is -3.32. The lowest BCUT2D eigenvalue weighted by Gasteiger charge is -2.25. The van der Waals surface area contributed by atoms with Gasteiger partial charge in [0.05, 0.1) is 0 Å². The molecule has 166 valence electrons. The van der Waals surface area contributed by atoms with Gasteiger partial charge in [-0.1, -0.05) is 36.4 Å². The molecular formula is C25H28N4O3. The minimum atomic E-state index is -0.0258. The fraction of sp³-hybridized carbons (Fsp3) is 0.360. The molecule has 0 fully saturated rings. The molecule has 0 saturated heterocycles. The first-order valence-electron chi connectivity index (χ1n) is 11.0. The molecule has 5 rings (SSSR count). The maximum atomic E-state index is 13.2. The van der Waals surface area contributed by atoms with Crippen LogP contribution < -0.4 is 14.8 Å². The smallest absolute Gasteiger partial charge is 0.274 e. The zero-order valence-electron chi connectivity index (χ0n) is 18.5. The van der Waals surface area contributed by atoms with Gasteiger partial charge in [-0.05, 0) is 42.5 Å². The van der Waals surface area contributed by atoms with Gasteiger partial charge in [-0.3, -0.25) is 9.48 Å². The third kappa shape index (κ3) is 4.08. The van der Waals surface area contributed by atoms with Crippen molar-refractivity contribution in [1.29, 1.82) is 0 Å². The van der Waals surface area contributed by atoms with E-state index in [1.54, 1.807) is 4.90 Å². The van der Waals surface area contributed by atoms with Crippen LogP contribution in [0.2, 0.25) is 0 Å². The van der Waals surface area contributed by atoms with E-state index in [2.05, 4.69) is 16.5 Å². The third-order valence-corrected chi connectivity index (χ3v) is 6.30. The van der Waals surface area contributed by atoms with Crippen molar-refractivity contribution < 1.29 is 14.3 Å². The molecule has 3 aromatic rings. The number of aromatic nitrogens is 2. The van der Waals surface area contributed by atoms with E-state index in [9.17, 15) is 4.79 Å². The highest BCUT2D eigenvalue weighted by atomic mass is 16.7. The quantitative estimate of drug-likeness (QED) is 0.648. The molecule has 0 spiro atoms. The molecule has 1 aromatic heterocycles. The van der Waals surface area contributed by atoms with Crippen LogP contribution in [0.25, 0.3) is 0 Å². The van der Waals surface area contributed by atoms with Gasteiger partial charge in [-0.25, -0.2) is 0 Å². The van der Waals surface area contributed by atoms with E-state index in [1.165, 1.54) is 5.69 Å². The Kier molecular flexibility index (Phi) is 5.57. The van der Waals surface area contributed by atoms with Gasteiger partial charge in [-0.15, -0.1) is 0 Å². The van der Waals surface area contributed by atoms with E-state index in [0.717, 1.165) is 54.0 Å². The summed E-state index contributed by atoms with van der Waals surface area (Å²) in [7, 11) is 3.78. The summed E-state index contributed by atoms with van der Waals surface area (Å²) >= 11 is 0. The van der Waals surface area contributed by atoms with Crippen molar-refractivity contribution >= 4 is 5.91 Å². The highest BCUT2D eigenvalue weighted by Crippen LogP contribution is 2.32. The molecule has 7 heteroatoms. The Balaban J connectivity index is 1.27. The number of amides is 1. The van der Waals surface area contributed by atoms with E-state index < -0.39 is 0 Å². The highest BCUT2D eigenvalue weighted by Gasteiger charge is 2.29. The lowest BCUT2D eigenvalue weighted by Crippen LogP contribution is -2.35. The monoisotopic (exact) mass is 432 g/mol. The number of ether oxygens (including phenoxy) is 2. The van der Waals surface area contributed by atoms with Crippen LogP contribution in [0, 0.1) is 0 Å². The predicted octanol–water partition coefficient (Wildman–Crippen LogP) is 3.07. The number of nitrogens with one attached hydrogen (secondary N) is 1. The number of benzene rings is 2. The van der Waals surface area contributed by atoms with Crippen molar-refractivity contribution in [3.63, 3.8) is 0 Å². The largest absolute Gasteiger partial charge is 0.454 e. The van der Waals surface area contributed by atoms with E-state index in [0.29, 0.717) is 18.3 Å². The standard InChI is InChI=1S/C25H28N4O3/c1-28(15-17-6-4-3-5-7-17)25(30)24-20-13-19(9-10-21(20)29(2)27-24)26-14-18-8-11-22-23(12-18)32-16-31-22/h3-8,11-12,19,26H,9-10,13-16H2,1-2H3. The topological polar surface area (TPSA) is 68.6 Å². The molecule has 2 heterocycles. The van der Waals surface area contributed by atoms with Crippen molar-refractivity contribution in [2.45, 2.75) is 38.4 Å². The van der Waals surface area contributed by atoms with Crippen LogP contribution in [-0.4, -0.2) is 40.5 Å². The molecule has 7 nitrogen and oxygen atoms in total. The molecule has 1 atom stereocenters.